The third kappa shape index (κ3) is 1.78. The number of rotatable bonds is 3. The van der Waals surface area contributed by atoms with Gasteiger partial charge in [0.25, 0.3) is 0 Å². The van der Waals surface area contributed by atoms with Crippen LogP contribution in [0.25, 0.3) is 21.9 Å². The fourth-order valence-corrected chi connectivity index (χ4v) is 2.38. The van der Waals surface area contributed by atoms with E-state index in [9.17, 15) is 19.8 Å². The van der Waals surface area contributed by atoms with Crippen LogP contribution < -0.4 is 0 Å². The largest absolute Gasteiger partial charge is 0.480 e. The molecule has 0 spiro atoms. The molecule has 2 N–H and O–H groups in total. The van der Waals surface area contributed by atoms with Gasteiger partial charge in [0.15, 0.2) is 5.41 Å². The van der Waals surface area contributed by atoms with Crippen LogP contribution in [-0.4, -0.2) is 22.2 Å². The molecule has 3 rings (SSSR count). The highest BCUT2D eigenvalue weighted by molar-refractivity contribution is 6.08. The van der Waals surface area contributed by atoms with Gasteiger partial charge in [0.1, 0.15) is 11.2 Å². The lowest BCUT2D eigenvalue weighted by atomic mass is 9.82. The van der Waals surface area contributed by atoms with Gasteiger partial charge in [-0.25, -0.2) is 0 Å². The van der Waals surface area contributed by atoms with Crippen molar-refractivity contribution in [1.82, 2.24) is 0 Å². The van der Waals surface area contributed by atoms with Gasteiger partial charge in [-0.1, -0.05) is 24.3 Å². The summed E-state index contributed by atoms with van der Waals surface area (Å²) < 4.78 is 5.65. The van der Waals surface area contributed by atoms with Crippen LogP contribution in [0.4, 0.5) is 0 Å². The first-order valence-corrected chi connectivity index (χ1v) is 6.33. The number of fused-ring (bicyclic) bond motifs is 3. The third-order valence-corrected chi connectivity index (χ3v) is 3.81. The Morgan fingerprint density at radius 1 is 0.952 bits per heavy atom. The van der Waals surface area contributed by atoms with Crippen molar-refractivity contribution in [2.75, 3.05) is 0 Å². The van der Waals surface area contributed by atoms with Gasteiger partial charge in [0, 0.05) is 10.8 Å². The molecule has 0 aliphatic rings. The predicted molar refractivity (Wildman–Crippen MR) is 76.3 cm³/mol. The highest BCUT2D eigenvalue weighted by Gasteiger charge is 2.43. The molecule has 0 amide bonds. The predicted octanol–water partition coefficient (Wildman–Crippen LogP) is 3.01. The van der Waals surface area contributed by atoms with E-state index in [0.717, 1.165) is 5.39 Å². The summed E-state index contributed by atoms with van der Waals surface area (Å²) >= 11 is 0. The molecule has 0 fully saturated rings. The number of para-hydroxylation sites is 1. The lowest BCUT2D eigenvalue weighted by molar-refractivity contribution is -0.156. The second-order valence-corrected chi connectivity index (χ2v) is 5.04. The lowest BCUT2D eigenvalue weighted by Crippen LogP contribution is -2.40. The fraction of sp³-hybridized carbons (Fsp3) is 0.125. The number of carbonyl (C=O) groups is 2. The van der Waals surface area contributed by atoms with Crippen LogP contribution in [0, 0.1) is 0 Å². The number of benzene rings is 2. The molecular formula is C16H12O5. The summed E-state index contributed by atoms with van der Waals surface area (Å²) in [6.45, 7) is 1.18. The minimum absolute atomic E-state index is 0.210. The fourth-order valence-electron chi connectivity index (χ4n) is 2.38. The molecule has 5 heteroatoms. The Bertz CT molecular complexity index is 861. The van der Waals surface area contributed by atoms with Crippen molar-refractivity contribution < 1.29 is 24.2 Å². The molecule has 0 radical (unpaired) electrons. The van der Waals surface area contributed by atoms with E-state index < -0.39 is 17.4 Å². The zero-order chi connectivity index (χ0) is 15.2. The smallest absolute Gasteiger partial charge is 0.325 e. The number of hydrogen-bond donors (Lipinski definition) is 2. The Morgan fingerprint density at radius 2 is 1.57 bits per heavy atom. The Hall–Kier alpha value is -2.82. The van der Waals surface area contributed by atoms with Gasteiger partial charge in [0.2, 0.25) is 0 Å². The average molecular weight is 284 g/mol. The summed E-state index contributed by atoms with van der Waals surface area (Å²) in [4.78, 5) is 22.8. The maximum Gasteiger partial charge on any atom is 0.325 e. The topological polar surface area (TPSA) is 87.7 Å². The Labute approximate surface area is 119 Å². The average Bonchev–Trinajstić information content (AvgIpc) is 2.83. The zero-order valence-electron chi connectivity index (χ0n) is 11.2. The highest BCUT2D eigenvalue weighted by atomic mass is 16.4. The van der Waals surface area contributed by atoms with Gasteiger partial charge in [0.05, 0.1) is 0 Å². The third-order valence-electron chi connectivity index (χ3n) is 3.81. The van der Waals surface area contributed by atoms with Crippen molar-refractivity contribution in [3.05, 3.63) is 48.0 Å². The number of furan rings is 1. The van der Waals surface area contributed by atoms with Gasteiger partial charge in [-0.2, -0.15) is 0 Å². The van der Waals surface area contributed by atoms with Gasteiger partial charge in [-0.15, -0.1) is 0 Å². The van der Waals surface area contributed by atoms with Gasteiger partial charge < -0.3 is 14.6 Å². The number of carboxylic acids is 2. The SMILES string of the molecule is CC(C(=O)O)(C(=O)O)c1ccc2oc3ccccc3c2c1. The van der Waals surface area contributed by atoms with E-state index in [4.69, 9.17) is 4.42 Å². The van der Waals surface area contributed by atoms with Crippen LogP contribution in [0.2, 0.25) is 0 Å². The summed E-state index contributed by atoms with van der Waals surface area (Å²) in [7, 11) is 0. The molecule has 3 aromatic rings. The minimum atomic E-state index is -1.99. The van der Waals surface area contributed by atoms with Gasteiger partial charge in [-0.05, 0) is 30.7 Å². The molecule has 21 heavy (non-hydrogen) atoms. The normalized spacial score (nSPS) is 11.9. The lowest BCUT2D eigenvalue weighted by Gasteiger charge is -2.20. The molecule has 106 valence electrons. The molecule has 1 aromatic heterocycles. The highest BCUT2D eigenvalue weighted by Crippen LogP contribution is 2.33. The maximum absolute atomic E-state index is 11.4. The van der Waals surface area contributed by atoms with Gasteiger partial charge >= 0.3 is 11.9 Å². The van der Waals surface area contributed by atoms with Crippen LogP contribution in [0.5, 0.6) is 0 Å². The van der Waals surface area contributed by atoms with Crippen molar-refractivity contribution >= 4 is 33.9 Å². The Morgan fingerprint density at radius 3 is 2.24 bits per heavy atom. The molecule has 2 aromatic carbocycles. The van der Waals surface area contributed by atoms with Crippen LogP contribution in [-0.2, 0) is 15.0 Å². The monoisotopic (exact) mass is 284 g/mol. The summed E-state index contributed by atoms with van der Waals surface area (Å²) in [5.74, 6) is -2.80. The first-order chi connectivity index (χ1) is 9.94. The Kier molecular flexibility index (Phi) is 2.73. The molecule has 0 aliphatic carbocycles. The van der Waals surface area contributed by atoms with Crippen LogP contribution in [0.3, 0.4) is 0 Å². The van der Waals surface area contributed by atoms with Crippen molar-refractivity contribution in [3.8, 4) is 0 Å². The van der Waals surface area contributed by atoms with E-state index in [1.165, 1.54) is 13.0 Å². The molecule has 1 heterocycles. The maximum atomic E-state index is 11.4. The second kappa shape index (κ2) is 4.34. The van der Waals surface area contributed by atoms with Crippen LogP contribution >= 0.6 is 0 Å². The van der Waals surface area contributed by atoms with Crippen LogP contribution in [0.1, 0.15) is 12.5 Å². The van der Waals surface area contributed by atoms with Crippen molar-refractivity contribution in [2.24, 2.45) is 0 Å². The summed E-state index contributed by atoms with van der Waals surface area (Å²) in [5, 5.41) is 20.1. The molecular weight excluding hydrogens is 272 g/mol. The molecule has 0 bridgehead atoms. The summed E-state index contributed by atoms with van der Waals surface area (Å²) in [6.07, 6.45) is 0. The van der Waals surface area contributed by atoms with Gasteiger partial charge in [-0.3, -0.25) is 9.59 Å². The molecule has 0 saturated heterocycles. The molecule has 5 nitrogen and oxygen atoms in total. The van der Waals surface area contributed by atoms with Crippen molar-refractivity contribution in [3.63, 3.8) is 0 Å². The quantitative estimate of drug-likeness (QED) is 0.722. The molecule has 0 atom stereocenters. The van der Waals surface area contributed by atoms with E-state index in [1.807, 2.05) is 24.3 Å². The van der Waals surface area contributed by atoms with E-state index in [-0.39, 0.29) is 5.56 Å². The molecule has 0 saturated carbocycles. The number of aliphatic carboxylic acids is 2. The minimum Gasteiger partial charge on any atom is -0.480 e. The van der Waals surface area contributed by atoms with Crippen molar-refractivity contribution in [2.45, 2.75) is 12.3 Å². The number of hydrogen-bond acceptors (Lipinski definition) is 3. The summed E-state index contributed by atoms with van der Waals surface area (Å²) in [6, 6.07) is 12.0. The number of carboxylic acid groups (broad SMARTS) is 2. The van der Waals surface area contributed by atoms with E-state index in [1.54, 1.807) is 12.1 Å². The second-order valence-electron chi connectivity index (χ2n) is 5.04. The van der Waals surface area contributed by atoms with E-state index in [2.05, 4.69) is 0 Å². The zero-order valence-corrected chi connectivity index (χ0v) is 11.2. The molecule has 0 aliphatic heterocycles. The van der Waals surface area contributed by atoms with Crippen LogP contribution in [0.15, 0.2) is 46.9 Å². The standard InChI is InChI=1S/C16H12O5/c1-16(14(17)18,15(19)20)9-6-7-13-11(8-9)10-4-2-3-5-12(10)21-13/h2-8H,1H3,(H,17,18)(H,19,20). The first kappa shape index (κ1) is 13.2. The summed E-state index contributed by atoms with van der Waals surface area (Å²) in [5.41, 5.74) is -0.510. The Balaban J connectivity index is 2.32. The first-order valence-electron chi connectivity index (χ1n) is 6.33. The van der Waals surface area contributed by atoms with E-state index in [0.29, 0.717) is 16.6 Å². The molecule has 0 unspecified atom stereocenters. The van der Waals surface area contributed by atoms with E-state index >= 15 is 0 Å². The van der Waals surface area contributed by atoms with Crippen molar-refractivity contribution in [1.29, 1.82) is 0 Å².